The van der Waals surface area contributed by atoms with Crippen LogP contribution in [-0.4, -0.2) is 7.11 Å². The number of fused-ring (bicyclic) bond motifs is 1. The molecule has 0 spiro atoms. The maximum Gasteiger partial charge on any atom is 0.153 e. The van der Waals surface area contributed by atoms with Gasteiger partial charge in [0.05, 0.1) is 18.3 Å². The number of methoxy groups -OCH3 is 1. The van der Waals surface area contributed by atoms with Crippen LogP contribution in [0.25, 0.3) is 22.3 Å². The van der Waals surface area contributed by atoms with Crippen LogP contribution in [0.3, 0.4) is 0 Å². The van der Waals surface area contributed by atoms with Gasteiger partial charge in [-0.2, -0.15) is 12.1 Å². The Balaban J connectivity index is 0.000000300. The third-order valence-corrected chi connectivity index (χ3v) is 3.44. The summed E-state index contributed by atoms with van der Waals surface area (Å²) >= 11 is 0. The Labute approximate surface area is 150 Å². The zero-order valence-electron chi connectivity index (χ0n) is 13.1. The van der Waals surface area contributed by atoms with Crippen LogP contribution in [0.15, 0.2) is 88.1 Å². The first-order chi connectivity index (χ1) is 11.3. The molecule has 0 saturated carbocycles. The van der Waals surface area contributed by atoms with E-state index in [4.69, 9.17) is 9.15 Å². The molecule has 0 bridgehead atoms. The number of ether oxygens (including phenoxy) is 1. The number of rotatable bonds is 2. The molecule has 4 aromatic rings. The first-order valence-electron chi connectivity index (χ1n) is 7.28. The first-order valence-corrected chi connectivity index (χ1v) is 7.28. The van der Waals surface area contributed by atoms with Crippen molar-refractivity contribution >= 4 is 11.0 Å². The molecule has 1 heterocycles. The third-order valence-electron chi connectivity index (χ3n) is 3.44. The van der Waals surface area contributed by atoms with Gasteiger partial charge < -0.3 is 44.3 Å². The molecule has 3 aromatic carbocycles. The van der Waals surface area contributed by atoms with E-state index in [1.807, 2.05) is 54.6 Å². The van der Waals surface area contributed by atoms with Crippen LogP contribution < -0.4 is 10.2 Å². The molecule has 4 heteroatoms. The second-order valence-electron chi connectivity index (χ2n) is 4.97. The zero-order chi connectivity index (χ0) is 16.1. The third kappa shape index (κ3) is 4.05. The van der Waals surface area contributed by atoms with Gasteiger partial charge in [0.15, 0.2) is 5.43 Å². The average molecular weight is 360 g/mol. The van der Waals surface area contributed by atoms with Crippen molar-refractivity contribution in [1.29, 1.82) is 0 Å². The topological polar surface area (TPSA) is 39.4 Å². The molecule has 0 saturated heterocycles. The summed E-state index contributed by atoms with van der Waals surface area (Å²) in [6.07, 6.45) is 0. The number of hydrogen-bond donors (Lipinski definition) is 0. The molecule has 0 aliphatic carbocycles. The van der Waals surface area contributed by atoms with Crippen LogP contribution in [0.4, 0.5) is 0 Å². The minimum atomic E-state index is -0.0462. The number of hydrogen-bond acceptors (Lipinski definition) is 3. The minimum absolute atomic E-state index is 0. The molecule has 0 amide bonds. The van der Waals surface area contributed by atoms with Gasteiger partial charge >= 0.3 is 0 Å². The summed E-state index contributed by atoms with van der Waals surface area (Å²) in [5, 5.41) is 0.561. The molecule has 0 atom stereocenters. The Kier molecular flexibility index (Phi) is 6.19. The van der Waals surface area contributed by atoms with E-state index in [0.29, 0.717) is 22.5 Å². The molecule has 0 radical (unpaired) electrons. The van der Waals surface area contributed by atoms with Crippen LogP contribution in [0.5, 0.6) is 5.75 Å². The second-order valence-corrected chi connectivity index (χ2v) is 4.97. The van der Waals surface area contributed by atoms with Crippen molar-refractivity contribution in [2.75, 3.05) is 7.11 Å². The van der Waals surface area contributed by atoms with Crippen LogP contribution in [0, 0.1) is 0 Å². The Morgan fingerprint density at radius 3 is 2.21 bits per heavy atom. The van der Waals surface area contributed by atoms with Crippen molar-refractivity contribution < 1.29 is 26.2 Å². The van der Waals surface area contributed by atoms with E-state index in [-0.39, 0.29) is 22.5 Å². The number of benzene rings is 1. The molecular weight excluding hydrogens is 344 g/mol. The Hall–Kier alpha value is -2.55. The Morgan fingerprint density at radius 1 is 1.00 bits per heavy atom. The van der Waals surface area contributed by atoms with Gasteiger partial charge in [-0.3, -0.25) is 0 Å². The summed E-state index contributed by atoms with van der Waals surface area (Å²) in [5.41, 5.74) is 1.39. The van der Waals surface area contributed by atoms with Crippen molar-refractivity contribution in [3.05, 3.63) is 89.1 Å². The average Bonchev–Trinajstić information content (AvgIpc) is 3.29. The van der Waals surface area contributed by atoms with Crippen LogP contribution >= 0.6 is 0 Å². The van der Waals surface area contributed by atoms with Crippen LogP contribution in [0.2, 0.25) is 0 Å². The van der Waals surface area contributed by atoms with E-state index in [2.05, 4.69) is 0 Å². The first kappa shape index (κ1) is 17.8. The molecular formula is C20H16FeO3-6. The fourth-order valence-corrected chi connectivity index (χ4v) is 2.26. The standard InChI is InChI=1S/C15H11O3.C5H5.Fe/c1-17-11-6-7-12-13(16)9-14(18-15(12)8-11)10-4-2-3-5-10;1-2-4-5-3-1;/h2-9H,1H3;1-5H;/q-1;-5;. The predicted octanol–water partition coefficient (Wildman–Crippen LogP) is 4.59. The fraction of sp³-hybridized carbons (Fsp3) is 0.0500. The van der Waals surface area contributed by atoms with Crippen molar-refractivity contribution in [3.8, 4) is 17.1 Å². The van der Waals surface area contributed by atoms with Crippen molar-refractivity contribution in [1.82, 2.24) is 0 Å². The molecule has 4 rings (SSSR count). The van der Waals surface area contributed by atoms with Gasteiger partial charge in [-0.25, -0.2) is 0 Å². The van der Waals surface area contributed by atoms with Crippen LogP contribution in [-0.2, 0) is 17.1 Å². The summed E-state index contributed by atoms with van der Waals surface area (Å²) in [6, 6.07) is 24.3. The molecule has 128 valence electrons. The molecule has 1 aromatic heterocycles. The van der Waals surface area contributed by atoms with Gasteiger partial charge in [-0.15, -0.1) is 12.1 Å². The van der Waals surface area contributed by atoms with E-state index < -0.39 is 0 Å². The smallest absolute Gasteiger partial charge is 0.153 e. The van der Waals surface area contributed by atoms with E-state index >= 15 is 0 Å². The Bertz CT molecular complexity index is 902. The van der Waals surface area contributed by atoms with E-state index in [0.717, 1.165) is 5.56 Å². The second kappa shape index (κ2) is 8.34. The molecule has 0 aliphatic rings. The molecule has 3 nitrogen and oxygen atoms in total. The summed E-state index contributed by atoms with van der Waals surface area (Å²) < 4.78 is 10.9. The SMILES string of the molecule is COc1ccc2c(=O)cc(-[c-]3cccc3)oc2c1.[Fe].[cH-]1[cH-][cH-][cH-][cH-]1. The molecule has 0 aliphatic heterocycles. The van der Waals surface area contributed by atoms with Crippen molar-refractivity contribution in [2.24, 2.45) is 0 Å². The van der Waals surface area contributed by atoms with Gasteiger partial charge in [0.2, 0.25) is 0 Å². The van der Waals surface area contributed by atoms with Gasteiger partial charge in [0.25, 0.3) is 0 Å². The quantitative estimate of drug-likeness (QED) is 0.388. The maximum atomic E-state index is 12.0. The molecule has 0 fully saturated rings. The molecule has 0 unspecified atom stereocenters. The van der Waals surface area contributed by atoms with Gasteiger partial charge in [-0.1, -0.05) is 5.56 Å². The van der Waals surface area contributed by atoms with E-state index in [1.54, 1.807) is 25.3 Å². The zero-order valence-corrected chi connectivity index (χ0v) is 14.2. The Morgan fingerprint density at radius 2 is 1.62 bits per heavy atom. The summed E-state index contributed by atoms with van der Waals surface area (Å²) in [7, 11) is 1.58. The van der Waals surface area contributed by atoms with Gasteiger partial charge in [0, 0.05) is 23.1 Å². The van der Waals surface area contributed by atoms with Crippen molar-refractivity contribution in [3.63, 3.8) is 0 Å². The summed E-state index contributed by atoms with van der Waals surface area (Å²) in [5.74, 6) is 1.25. The maximum absolute atomic E-state index is 12.0. The largest absolute Gasteiger partial charge is 0.748 e. The predicted molar refractivity (Wildman–Crippen MR) is 92.1 cm³/mol. The van der Waals surface area contributed by atoms with E-state index in [1.165, 1.54) is 6.07 Å². The van der Waals surface area contributed by atoms with Gasteiger partial charge in [0.1, 0.15) is 11.3 Å². The van der Waals surface area contributed by atoms with Crippen molar-refractivity contribution in [2.45, 2.75) is 0 Å². The van der Waals surface area contributed by atoms with E-state index in [9.17, 15) is 4.79 Å². The summed E-state index contributed by atoms with van der Waals surface area (Å²) in [6.45, 7) is 0. The normalized spacial score (nSPS) is 9.71. The minimum Gasteiger partial charge on any atom is -0.748 e. The monoisotopic (exact) mass is 360 g/mol. The molecule has 24 heavy (non-hydrogen) atoms. The summed E-state index contributed by atoms with van der Waals surface area (Å²) in [4.78, 5) is 12.0. The molecule has 0 N–H and O–H groups in total. The van der Waals surface area contributed by atoms with Crippen LogP contribution in [0.1, 0.15) is 0 Å². The fourth-order valence-electron chi connectivity index (χ4n) is 2.26. The van der Waals surface area contributed by atoms with Gasteiger partial charge in [-0.05, 0) is 18.2 Å².